The standard InChI is InChI=1S/C27H30N6O2/c1-3-32-15-7-10-23(32)31-27(34)18(2)33-16-22(24-25(28)29-17-30-26(24)33)19-11-13-21(14-12-19)35-20-8-5-4-6-9-20/h4-6,8-9,11-14,16-18,23H,3,7,10,15H2,1-2H3,(H,31,34)(H2,28,29,30). The molecule has 2 aromatic carbocycles. The van der Waals surface area contributed by atoms with Crippen LogP contribution in [0.1, 0.15) is 32.7 Å². The molecule has 35 heavy (non-hydrogen) atoms. The van der Waals surface area contributed by atoms with E-state index in [-0.39, 0.29) is 12.1 Å². The van der Waals surface area contributed by atoms with Gasteiger partial charge in [-0.2, -0.15) is 0 Å². The van der Waals surface area contributed by atoms with Crippen molar-refractivity contribution >= 4 is 22.8 Å². The van der Waals surface area contributed by atoms with Crippen molar-refractivity contribution in [2.45, 2.75) is 38.9 Å². The van der Waals surface area contributed by atoms with Crippen LogP contribution in [0.4, 0.5) is 5.82 Å². The lowest BCUT2D eigenvalue weighted by Gasteiger charge is -2.25. The van der Waals surface area contributed by atoms with Crippen LogP contribution >= 0.6 is 0 Å². The Morgan fingerprint density at radius 2 is 1.89 bits per heavy atom. The minimum atomic E-state index is -0.458. The molecule has 5 rings (SSSR count). The van der Waals surface area contributed by atoms with Gasteiger partial charge in [-0.3, -0.25) is 9.69 Å². The molecule has 0 saturated carbocycles. The second-order valence-corrected chi connectivity index (χ2v) is 8.82. The van der Waals surface area contributed by atoms with Crippen molar-refractivity contribution in [2.75, 3.05) is 18.8 Å². The highest BCUT2D eigenvalue weighted by Crippen LogP contribution is 2.35. The topological polar surface area (TPSA) is 98.3 Å². The fraction of sp³-hybridized carbons (Fsp3) is 0.296. The number of nitrogens with one attached hydrogen (secondary N) is 1. The van der Waals surface area contributed by atoms with E-state index in [2.05, 4.69) is 27.1 Å². The largest absolute Gasteiger partial charge is 0.457 e. The quantitative estimate of drug-likeness (QED) is 0.410. The average Bonchev–Trinajstić information content (AvgIpc) is 3.50. The van der Waals surface area contributed by atoms with Gasteiger partial charge in [0.2, 0.25) is 5.91 Å². The van der Waals surface area contributed by atoms with E-state index in [1.54, 1.807) is 0 Å². The van der Waals surface area contributed by atoms with E-state index in [1.807, 2.05) is 72.3 Å². The first-order valence-corrected chi connectivity index (χ1v) is 12.0. The molecule has 2 aromatic heterocycles. The number of carbonyl (C=O) groups is 1. The van der Waals surface area contributed by atoms with Gasteiger partial charge in [0.25, 0.3) is 0 Å². The monoisotopic (exact) mass is 470 g/mol. The molecule has 0 aliphatic carbocycles. The third kappa shape index (κ3) is 4.57. The van der Waals surface area contributed by atoms with Crippen molar-refractivity contribution in [1.82, 2.24) is 24.8 Å². The number of hydrogen-bond donors (Lipinski definition) is 2. The molecule has 1 aliphatic rings. The molecule has 8 nitrogen and oxygen atoms in total. The van der Waals surface area contributed by atoms with Crippen molar-refractivity contribution in [1.29, 1.82) is 0 Å². The lowest BCUT2D eigenvalue weighted by Crippen LogP contribution is -2.46. The fourth-order valence-electron chi connectivity index (χ4n) is 4.73. The molecule has 1 fully saturated rings. The number of nitrogens with zero attached hydrogens (tertiary/aromatic N) is 4. The number of hydrogen-bond acceptors (Lipinski definition) is 6. The van der Waals surface area contributed by atoms with Gasteiger partial charge in [-0.1, -0.05) is 37.3 Å². The Morgan fingerprint density at radius 3 is 2.63 bits per heavy atom. The zero-order valence-electron chi connectivity index (χ0n) is 20.0. The first-order chi connectivity index (χ1) is 17.0. The zero-order chi connectivity index (χ0) is 24.4. The molecule has 0 radical (unpaired) electrons. The molecule has 1 amide bonds. The third-order valence-electron chi connectivity index (χ3n) is 6.66. The summed E-state index contributed by atoms with van der Waals surface area (Å²) >= 11 is 0. The first-order valence-electron chi connectivity index (χ1n) is 12.0. The van der Waals surface area contributed by atoms with E-state index >= 15 is 0 Å². The predicted molar refractivity (Wildman–Crippen MR) is 137 cm³/mol. The van der Waals surface area contributed by atoms with E-state index in [0.29, 0.717) is 11.5 Å². The second kappa shape index (κ2) is 9.76. The van der Waals surface area contributed by atoms with Crippen LogP contribution in [0.5, 0.6) is 11.5 Å². The van der Waals surface area contributed by atoms with Gasteiger partial charge in [0, 0.05) is 18.3 Å². The molecule has 180 valence electrons. The number of ether oxygens (including phenoxy) is 1. The normalized spacial score (nSPS) is 16.9. The molecule has 2 unspecified atom stereocenters. The smallest absolute Gasteiger partial charge is 0.244 e. The van der Waals surface area contributed by atoms with Crippen molar-refractivity contribution in [3.8, 4) is 22.6 Å². The zero-order valence-corrected chi connectivity index (χ0v) is 20.0. The number of likely N-dealkylation sites (tertiary alicyclic amines) is 1. The van der Waals surface area contributed by atoms with Gasteiger partial charge in [0.05, 0.1) is 11.6 Å². The SMILES string of the molecule is CCN1CCCC1NC(=O)C(C)n1cc(-c2ccc(Oc3ccccc3)cc2)c2c(N)ncnc21. The van der Waals surface area contributed by atoms with Crippen LogP contribution in [0.3, 0.4) is 0 Å². The molecule has 3 heterocycles. The number of fused-ring (bicyclic) bond motifs is 1. The molecule has 2 atom stereocenters. The van der Waals surface area contributed by atoms with Gasteiger partial charge in [-0.15, -0.1) is 0 Å². The van der Waals surface area contributed by atoms with Gasteiger partial charge >= 0.3 is 0 Å². The van der Waals surface area contributed by atoms with Crippen molar-refractivity contribution < 1.29 is 9.53 Å². The van der Waals surface area contributed by atoms with Crippen molar-refractivity contribution in [3.63, 3.8) is 0 Å². The van der Waals surface area contributed by atoms with E-state index < -0.39 is 6.04 Å². The van der Waals surface area contributed by atoms with Crippen molar-refractivity contribution in [3.05, 3.63) is 67.1 Å². The number of amides is 1. The number of aromatic nitrogens is 3. The number of nitrogen functional groups attached to an aromatic ring is 1. The summed E-state index contributed by atoms with van der Waals surface area (Å²) in [6.07, 6.45) is 5.52. The van der Waals surface area contributed by atoms with Gasteiger partial charge in [0.15, 0.2) is 0 Å². The summed E-state index contributed by atoms with van der Waals surface area (Å²) in [5.41, 5.74) is 8.74. The molecule has 0 bridgehead atoms. The Bertz CT molecular complexity index is 1320. The number of carbonyl (C=O) groups excluding carboxylic acids is 1. The molecule has 3 N–H and O–H groups in total. The maximum Gasteiger partial charge on any atom is 0.244 e. The summed E-state index contributed by atoms with van der Waals surface area (Å²) in [5.74, 6) is 1.85. The van der Waals surface area contributed by atoms with Gasteiger partial charge in [0.1, 0.15) is 35.3 Å². The van der Waals surface area contributed by atoms with Gasteiger partial charge < -0.3 is 20.4 Å². The van der Waals surface area contributed by atoms with Crippen LogP contribution in [0.15, 0.2) is 67.1 Å². The lowest BCUT2D eigenvalue weighted by atomic mass is 10.1. The predicted octanol–water partition coefficient (Wildman–Crippen LogP) is 4.59. The van der Waals surface area contributed by atoms with Crippen LogP contribution < -0.4 is 15.8 Å². The van der Waals surface area contributed by atoms with E-state index in [4.69, 9.17) is 10.5 Å². The van der Waals surface area contributed by atoms with Crippen molar-refractivity contribution in [2.24, 2.45) is 0 Å². The Balaban J connectivity index is 1.44. The fourth-order valence-corrected chi connectivity index (χ4v) is 4.73. The Kier molecular flexibility index (Phi) is 6.37. The summed E-state index contributed by atoms with van der Waals surface area (Å²) in [5, 5.41) is 3.95. The summed E-state index contributed by atoms with van der Waals surface area (Å²) < 4.78 is 7.81. The number of rotatable bonds is 7. The molecular formula is C27H30N6O2. The van der Waals surface area contributed by atoms with Crippen LogP contribution in [0, 0.1) is 0 Å². The van der Waals surface area contributed by atoms with E-state index in [9.17, 15) is 4.79 Å². The molecule has 1 saturated heterocycles. The minimum Gasteiger partial charge on any atom is -0.457 e. The maximum absolute atomic E-state index is 13.2. The summed E-state index contributed by atoms with van der Waals surface area (Å²) in [6, 6.07) is 17.0. The van der Waals surface area contributed by atoms with E-state index in [1.165, 1.54) is 6.33 Å². The van der Waals surface area contributed by atoms with Crippen LogP contribution in [-0.4, -0.2) is 44.6 Å². The van der Waals surface area contributed by atoms with Crippen LogP contribution in [-0.2, 0) is 4.79 Å². The number of anilines is 1. The summed E-state index contributed by atoms with van der Waals surface area (Å²) in [6.45, 7) is 5.94. The van der Waals surface area contributed by atoms with Crippen LogP contribution in [0.2, 0.25) is 0 Å². The van der Waals surface area contributed by atoms with E-state index in [0.717, 1.165) is 53.9 Å². The Hall–Kier alpha value is -3.91. The minimum absolute atomic E-state index is 0.0393. The molecule has 4 aromatic rings. The van der Waals surface area contributed by atoms with Gasteiger partial charge in [-0.05, 0) is 56.1 Å². The highest BCUT2D eigenvalue weighted by molar-refractivity contribution is 6.01. The summed E-state index contributed by atoms with van der Waals surface area (Å²) in [7, 11) is 0. The average molecular weight is 471 g/mol. The number of para-hydroxylation sites is 1. The lowest BCUT2D eigenvalue weighted by molar-refractivity contribution is -0.125. The summed E-state index contributed by atoms with van der Waals surface area (Å²) in [4.78, 5) is 24.2. The van der Waals surface area contributed by atoms with Gasteiger partial charge in [-0.25, -0.2) is 9.97 Å². The maximum atomic E-state index is 13.2. The molecule has 1 aliphatic heterocycles. The second-order valence-electron chi connectivity index (χ2n) is 8.82. The Labute approximate surface area is 204 Å². The molecule has 8 heteroatoms. The molecule has 0 spiro atoms. The highest BCUT2D eigenvalue weighted by Gasteiger charge is 2.28. The number of benzene rings is 2. The number of nitrogens with two attached hydrogens (primary N) is 1. The Morgan fingerprint density at radius 1 is 1.14 bits per heavy atom. The van der Waals surface area contributed by atoms with Crippen LogP contribution in [0.25, 0.3) is 22.2 Å². The highest BCUT2D eigenvalue weighted by atomic mass is 16.5. The molecular weight excluding hydrogens is 440 g/mol. The third-order valence-corrected chi connectivity index (χ3v) is 6.66. The first kappa shape index (κ1) is 22.9.